The van der Waals surface area contributed by atoms with Crippen molar-refractivity contribution in [1.82, 2.24) is 10.2 Å². The van der Waals surface area contributed by atoms with Crippen LogP contribution in [0.5, 0.6) is 0 Å². The number of primary amides is 1. The van der Waals surface area contributed by atoms with Crippen LogP contribution in [-0.2, 0) is 9.53 Å². The first kappa shape index (κ1) is 13.8. The summed E-state index contributed by atoms with van der Waals surface area (Å²) in [6.45, 7) is 2.27. The third-order valence-electron chi connectivity index (χ3n) is 2.66. The van der Waals surface area contributed by atoms with Crippen molar-refractivity contribution in [2.45, 2.75) is 25.7 Å². The van der Waals surface area contributed by atoms with Crippen LogP contribution in [0.3, 0.4) is 0 Å². The van der Waals surface area contributed by atoms with Gasteiger partial charge in [0, 0.05) is 19.6 Å². The molecule has 0 aromatic heterocycles. The highest BCUT2D eigenvalue weighted by Gasteiger charge is 2.14. The van der Waals surface area contributed by atoms with Gasteiger partial charge in [-0.2, -0.15) is 0 Å². The Bertz CT molecular complexity index is 250. The molecule has 0 aliphatic carbocycles. The zero-order valence-corrected chi connectivity index (χ0v) is 10.1. The van der Waals surface area contributed by atoms with Gasteiger partial charge in [-0.25, -0.2) is 4.79 Å². The van der Waals surface area contributed by atoms with Gasteiger partial charge in [-0.05, 0) is 12.8 Å². The van der Waals surface area contributed by atoms with Gasteiger partial charge in [0.05, 0.1) is 6.61 Å². The number of carbonyl (C=O) groups excluding carboxylic acids is 2. The minimum atomic E-state index is -0.496. The fraction of sp³-hybridized carbons (Fsp3) is 0.818. The molecule has 17 heavy (non-hydrogen) atoms. The summed E-state index contributed by atoms with van der Waals surface area (Å²) < 4.78 is 4.95. The van der Waals surface area contributed by atoms with Crippen LogP contribution >= 0.6 is 0 Å². The van der Waals surface area contributed by atoms with Crippen molar-refractivity contribution in [2.24, 2.45) is 5.73 Å². The molecule has 0 radical (unpaired) electrons. The molecule has 0 aromatic rings. The second kappa shape index (κ2) is 7.89. The third-order valence-corrected chi connectivity index (χ3v) is 2.66. The second-order valence-electron chi connectivity index (χ2n) is 4.15. The van der Waals surface area contributed by atoms with Crippen LogP contribution in [0.1, 0.15) is 25.7 Å². The molecule has 0 saturated carbocycles. The molecule has 1 aliphatic rings. The summed E-state index contributed by atoms with van der Waals surface area (Å²) in [4.78, 5) is 23.9. The highest BCUT2D eigenvalue weighted by molar-refractivity contribution is 5.75. The van der Waals surface area contributed by atoms with Gasteiger partial charge >= 0.3 is 6.03 Å². The number of hydrogen-bond acceptors (Lipinski definition) is 3. The van der Waals surface area contributed by atoms with Crippen molar-refractivity contribution >= 4 is 11.9 Å². The fourth-order valence-electron chi connectivity index (χ4n) is 1.79. The van der Waals surface area contributed by atoms with Gasteiger partial charge in [-0.3, -0.25) is 4.79 Å². The lowest BCUT2D eigenvalue weighted by Gasteiger charge is -2.20. The number of hydrogen-bond donors (Lipinski definition) is 2. The van der Waals surface area contributed by atoms with E-state index in [1.807, 2.05) is 4.90 Å². The van der Waals surface area contributed by atoms with Crippen molar-refractivity contribution in [2.75, 3.05) is 32.8 Å². The van der Waals surface area contributed by atoms with Gasteiger partial charge in [0.25, 0.3) is 0 Å². The van der Waals surface area contributed by atoms with Gasteiger partial charge in [-0.15, -0.1) is 0 Å². The molecule has 0 spiro atoms. The Morgan fingerprint density at radius 2 is 1.82 bits per heavy atom. The summed E-state index contributed by atoms with van der Waals surface area (Å²) in [6.07, 6.45) is 4.55. The molecule has 0 aromatic carbocycles. The number of urea groups is 1. The Morgan fingerprint density at radius 1 is 1.18 bits per heavy atom. The van der Waals surface area contributed by atoms with Crippen LogP contribution < -0.4 is 11.1 Å². The lowest BCUT2D eigenvalue weighted by molar-refractivity contribution is -0.122. The van der Waals surface area contributed by atoms with Crippen LogP contribution in [0.2, 0.25) is 0 Å². The summed E-state index contributed by atoms with van der Waals surface area (Å²) in [5.41, 5.74) is 4.91. The summed E-state index contributed by atoms with van der Waals surface area (Å²) in [7, 11) is 0. The minimum absolute atomic E-state index is 0.0467. The Hall–Kier alpha value is -1.30. The van der Waals surface area contributed by atoms with E-state index in [1.165, 1.54) is 12.8 Å². The van der Waals surface area contributed by atoms with Crippen molar-refractivity contribution in [3.8, 4) is 0 Å². The molecule has 6 nitrogen and oxygen atoms in total. The number of amides is 3. The number of likely N-dealkylation sites (tertiary alicyclic amines) is 1. The SMILES string of the molecule is NC(=O)COCCNC(=O)N1CCCCCC1. The molecule has 0 atom stereocenters. The van der Waals surface area contributed by atoms with Gasteiger partial charge in [0.2, 0.25) is 5.91 Å². The average molecular weight is 243 g/mol. The van der Waals surface area contributed by atoms with Crippen LogP contribution in [-0.4, -0.2) is 49.7 Å². The molecule has 6 heteroatoms. The summed E-state index contributed by atoms with van der Waals surface area (Å²) in [5.74, 6) is -0.496. The summed E-state index contributed by atoms with van der Waals surface area (Å²) in [6, 6.07) is -0.0467. The van der Waals surface area contributed by atoms with Gasteiger partial charge in [0.15, 0.2) is 0 Å². The number of nitrogens with one attached hydrogen (secondary N) is 1. The first-order chi connectivity index (χ1) is 8.20. The summed E-state index contributed by atoms with van der Waals surface area (Å²) in [5, 5.41) is 2.76. The van der Waals surface area contributed by atoms with Crippen molar-refractivity contribution in [3.63, 3.8) is 0 Å². The monoisotopic (exact) mass is 243 g/mol. The number of nitrogens with two attached hydrogens (primary N) is 1. The van der Waals surface area contributed by atoms with Gasteiger partial charge in [0.1, 0.15) is 6.61 Å². The van der Waals surface area contributed by atoms with Crippen molar-refractivity contribution < 1.29 is 14.3 Å². The first-order valence-electron chi connectivity index (χ1n) is 6.09. The molecule has 1 rings (SSSR count). The highest BCUT2D eigenvalue weighted by atomic mass is 16.5. The molecule has 0 unspecified atom stereocenters. The quantitative estimate of drug-likeness (QED) is 0.670. The maximum Gasteiger partial charge on any atom is 0.317 e. The number of carbonyl (C=O) groups is 2. The average Bonchev–Trinajstić information content (AvgIpc) is 2.56. The topological polar surface area (TPSA) is 84.7 Å². The fourth-order valence-corrected chi connectivity index (χ4v) is 1.79. The Morgan fingerprint density at radius 3 is 2.41 bits per heavy atom. The van der Waals surface area contributed by atoms with Crippen LogP contribution in [0, 0.1) is 0 Å². The smallest absolute Gasteiger partial charge is 0.317 e. The minimum Gasteiger partial charge on any atom is -0.370 e. The van der Waals surface area contributed by atoms with E-state index in [9.17, 15) is 9.59 Å². The van der Waals surface area contributed by atoms with E-state index in [0.29, 0.717) is 13.2 Å². The first-order valence-corrected chi connectivity index (χ1v) is 6.09. The van der Waals surface area contributed by atoms with Gasteiger partial charge in [-0.1, -0.05) is 12.8 Å². The molecule has 1 heterocycles. The predicted octanol–water partition coefficient (Wildman–Crippen LogP) is 0.0739. The molecular formula is C11H21N3O3. The summed E-state index contributed by atoms with van der Waals surface area (Å²) >= 11 is 0. The van der Waals surface area contributed by atoms with Crippen LogP contribution in [0.15, 0.2) is 0 Å². The molecule has 3 N–H and O–H groups in total. The maximum atomic E-state index is 11.7. The molecule has 98 valence electrons. The van der Waals surface area contributed by atoms with Crippen molar-refractivity contribution in [1.29, 1.82) is 0 Å². The largest absolute Gasteiger partial charge is 0.370 e. The van der Waals surface area contributed by atoms with E-state index in [1.54, 1.807) is 0 Å². The predicted molar refractivity (Wildman–Crippen MR) is 63.5 cm³/mol. The van der Waals surface area contributed by atoms with E-state index in [-0.39, 0.29) is 12.6 Å². The zero-order valence-electron chi connectivity index (χ0n) is 10.1. The van der Waals surface area contributed by atoms with Gasteiger partial charge < -0.3 is 20.7 Å². The molecule has 3 amide bonds. The maximum absolute atomic E-state index is 11.7. The Labute approximate surface area is 101 Å². The van der Waals surface area contributed by atoms with Crippen LogP contribution in [0.4, 0.5) is 4.79 Å². The highest BCUT2D eigenvalue weighted by Crippen LogP contribution is 2.09. The second-order valence-corrected chi connectivity index (χ2v) is 4.15. The molecular weight excluding hydrogens is 222 g/mol. The number of ether oxygens (including phenoxy) is 1. The van der Waals surface area contributed by atoms with E-state index >= 15 is 0 Å². The third kappa shape index (κ3) is 6.11. The van der Waals surface area contributed by atoms with Crippen molar-refractivity contribution in [3.05, 3.63) is 0 Å². The van der Waals surface area contributed by atoms with E-state index in [0.717, 1.165) is 25.9 Å². The molecule has 0 bridgehead atoms. The lowest BCUT2D eigenvalue weighted by Crippen LogP contribution is -2.41. The standard InChI is InChI=1S/C11H21N3O3/c12-10(15)9-17-8-5-13-11(16)14-6-3-1-2-4-7-14/h1-9H2,(H2,12,15)(H,13,16). The van der Waals surface area contributed by atoms with Crippen LogP contribution in [0.25, 0.3) is 0 Å². The number of rotatable bonds is 5. The zero-order chi connectivity index (χ0) is 12.5. The molecule has 1 saturated heterocycles. The van der Waals surface area contributed by atoms with E-state index < -0.39 is 5.91 Å². The molecule has 1 fully saturated rings. The normalized spacial score (nSPS) is 16.4. The number of nitrogens with zero attached hydrogens (tertiary/aromatic N) is 1. The van der Waals surface area contributed by atoms with E-state index in [4.69, 9.17) is 10.5 Å². The van der Waals surface area contributed by atoms with E-state index in [2.05, 4.69) is 5.32 Å². The Balaban J connectivity index is 2.09. The lowest BCUT2D eigenvalue weighted by atomic mass is 10.2. The molecule has 1 aliphatic heterocycles. The Kier molecular flexibility index (Phi) is 6.39.